The van der Waals surface area contributed by atoms with E-state index in [1.807, 2.05) is 4.57 Å². The van der Waals surface area contributed by atoms with Crippen molar-refractivity contribution in [3.8, 4) is 0 Å². The molecule has 0 N–H and O–H groups in total. The van der Waals surface area contributed by atoms with Gasteiger partial charge in [-0.1, -0.05) is 18.2 Å². The Balaban J connectivity index is 1.75. The lowest BCUT2D eigenvalue weighted by molar-refractivity contribution is -0.118. The third-order valence-corrected chi connectivity index (χ3v) is 5.43. The van der Waals surface area contributed by atoms with E-state index in [2.05, 4.69) is 4.98 Å². The third-order valence-electron chi connectivity index (χ3n) is 3.61. The van der Waals surface area contributed by atoms with Crippen LogP contribution in [0.3, 0.4) is 0 Å². The number of fused-ring (bicyclic) bond motifs is 1. The summed E-state index contributed by atoms with van der Waals surface area (Å²) in [6.45, 7) is 0.974. The summed E-state index contributed by atoms with van der Waals surface area (Å²) in [4.78, 5) is 18.2. The highest BCUT2D eigenvalue weighted by molar-refractivity contribution is 7.89. The van der Waals surface area contributed by atoms with E-state index in [4.69, 9.17) is 0 Å². The predicted molar refractivity (Wildman–Crippen MR) is 80.8 cm³/mol. The second-order valence-corrected chi connectivity index (χ2v) is 7.09. The second-order valence-electron chi connectivity index (χ2n) is 5.04. The molecule has 0 aliphatic carbocycles. The zero-order chi connectivity index (χ0) is 15.7. The number of nitrogens with zero attached hydrogens (tertiary/aromatic N) is 4. The average Bonchev–Trinajstić information content (AvgIpc) is 3.10. The molecular formula is C14H16N4O3S. The normalized spacial score (nSPS) is 14.4. The van der Waals surface area contributed by atoms with Gasteiger partial charge in [0.25, 0.3) is 0 Å². The monoisotopic (exact) mass is 320 g/mol. The van der Waals surface area contributed by atoms with Crippen molar-refractivity contribution < 1.29 is 13.2 Å². The molecule has 0 spiro atoms. The lowest BCUT2D eigenvalue weighted by Crippen LogP contribution is -2.40. The van der Waals surface area contributed by atoms with Gasteiger partial charge in [0.15, 0.2) is 0 Å². The Labute approximate surface area is 128 Å². The SMILES string of the molecule is CN(CC(=O)N1CCn2ccnc21)S(=O)(=O)c1ccccc1. The van der Waals surface area contributed by atoms with Crippen molar-refractivity contribution in [2.75, 3.05) is 25.0 Å². The first-order chi connectivity index (χ1) is 10.5. The molecule has 0 bridgehead atoms. The zero-order valence-corrected chi connectivity index (χ0v) is 12.9. The summed E-state index contributed by atoms with van der Waals surface area (Å²) in [5.41, 5.74) is 0. The van der Waals surface area contributed by atoms with Gasteiger partial charge in [0.05, 0.1) is 11.4 Å². The Hall–Kier alpha value is -2.19. The van der Waals surface area contributed by atoms with Gasteiger partial charge in [-0.05, 0) is 12.1 Å². The van der Waals surface area contributed by atoms with Gasteiger partial charge in [-0.3, -0.25) is 9.69 Å². The molecule has 8 heteroatoms. The first-order valence-electron chi connectivity index (χ1n) is 6.83. The zero-order valence-electron chi connectivity index (χ0n) is 12.1. The molecule has 1 aliphatic rings. The van der Waals surface area contributed by atoms with E-state index >= 15 is 0 Å². The summed E-state index contributed by atoms with van der Waals surface area (Å²) in [7, 11) is -2.26. The van der Waals surface area contributed by atoms with E-state index in [1.165, 1.54) is 24.1 Å². The first-order valence-corrected chi connectivity index (χ1v) is 8.27. The van der Waals surface area contributed by atoms with Crippen LogP contribution in [0.4, 0.5) is 5.95 Å². The Kier molecular flexibility index (Phi) is 3.71. The fourth-order valence-electron chi connectivity index (χ4n) is 2.40. The van der Waals surface area contributed by atoms with Gasteiger partial charge in [0.2, 0.25) is 21.9 Å². The van der Waals surface area contributed by atoms with Crippen LogP contribution < -0.4 is 4.90 Å². The Morgan fingerprint density at radius 2 is 2.00 bits per heavy atom. The molecule has 2 aromatic rings. The predicted octanol–water partition coefficient (Wildman–Crippen LogP) is 0.550. The largest absolute Gasteiger partial charge is 0.315 e. The van der Waals surface area contributed by atoms with Gasteiger partial charge in [-0.25, -0.2) is 13.4 Å². The van der Waals surface area contributed by atoms with E-state index in [9.17, 15) is 13.2 Å². The van der Waals surface area contributed by atoms with Crippen LogP contribution in [0.1, 0.15) is 0 Å². The summed E-state index contributed by atoms with van der Waals surface area (Å²) in [5.74, 6) is 0.280. The number of imidazole rings is 1. The highest BCUT2D eigenvalue weighted by Crippen LogP contribution is 2.19. The van der Waals surface area contributed by atoms with Gasteiger partial charge in [0.1, 0.15) is 0 Å². The van der Waals surface area contributed by atoms with Crippen molar-refractivity contribution in [3.63, 3.8) is 0 Å². The molecule has 116 valence electrons. The Morgan fingerprint density at radius 3 is 2.73 bits per heavy atom. The minimum Gasteiger partial charge on any atom is -0.315 e. The number of likely N-dealkylation sites (N-methyl/N-ethyl adjacent to an activating group) is 1. The van der Waals surface area contributed by atoms with E-state index in [1.54, 1.807) is 30.6 Å². The Morgan fingerprint density at radius 1 is 1.27 bits per heavy atom. The van der Waals surface area contributed by atoms with Gasteiger partial charge in [-0.2, -0.15) is 4.31 Å². The molecule has 0 atom stereocenters. The second kappa shape index (κ2) is 5.54. The highest BCUT2D eigenvalue weighted by Gasteiger charge is 2.29. The molecule has 7 nitrogen and oxygen atoms in total. The molecular weight excluding hydrogens is 304 g/mol. The number of aromatic nitrogens is 2. The Bertz CT molecular complexity index is 785. The standard InChI is InChI=1S/C14H16N4O3S/c1-16(22(20,21)12-5-3-2-4-6-12)11-13(19)18-10-9-17-8-7-15-14(17)18/h2-8H,9-11H2,1H3. The molecule has 3 rings (SSSR count). The minimum atomic E-state index is -3.67. The summed E-state index contributed by atoms with van der Waals surface area (Å²) < 4.78 is 27.8. The van der Waals surface area contributed by atoms with E-state index < -0.39 is 10.0 Å². The van der Waals surface area contributed by atoms with Crippen LogP contribution in [-0.4, -0.2) is 48.3 Å². The van der Waals surface area contributed by atoms with Crippen molar-refractivity contribution in [3.05, 3.63) is 42.7 Å². The number of sulfonamides is 1. The summed E-state index contributed by atoms with van der Waals surface area (Å²) >= 11 is 0. The molecule has 1 amide bonds. The van der Waals surface area contributed by atoms with Gasteiger partial charge < -0.3 is 4.57 Å². The lowest BCUT2D eigenvalue weighted by Gasteiger charge is -2.20. The molecule has 1 aromatic carbocycles. The average molecular weight is 320 g/mol. The van der Waals surface area contributed by atoms with Crippen LogP contribution in [0.15, 0.2) is 47.6 Å². The fourth-order valence-corrected chi connectivity index (χ4v) is 3.54. The van der Waals surface area contributed by atoms with Gasteiger partial charge in [-0.15, -0.1) is 0 Å². The number of benzene rings is 1. The molecule has 0 radical (unpaired) electrons. The summed E-state index contributed by atoms with van der Waals surface area (Å²) in [5, 5.41) is 0. The number of carbonyl (C=O) groups is 1. The number of rotatable bonds is 4. The highest BCUT2D eigenvalue weighted by atomic mass is 32.2. The molecule has 22 heavy (non-hydrogen) atoms. The molecule has 0 fully saturated rings. The topological polar surface area (TPSA) is 75.5 Å². The number of anilines is 1. The maximum Gasteiger partial charge on any atom is 0.244 e. The van der Waals surface area contributed by atoms with Gasteiger partial charge in [0, 0.05) is 32.5 Å². The number of carbonyl (C=O) groups excluding carboxylic acids is 1. The molecule has 1 aromatic heterocycles. The van der Waals surface area contributed by atoms with Crippen LogP contribution >= 0.6 is 0 Å². The maximum atomic E-state index is 12.4. The fraction of sp³-hybridized carbons (Fsp3) is 0.286. The third kappa shape index (κ3) is 2.51. The van der Waals surface area contributed by atoms with Crippen LogP contribution in [0, 0.1) is 0 Å². The van der Waals surface area contributed by atoms with Crippen molar-refractivity contribution in [1.29, 1.82) is 0 Å². The molecule has 2 heterocycles. The van der Waals surface area contributed by atoms with Crippen molar-refractivity contribution in [2.45, 2.75) is 11.4 Å². The quantitative estimate of drug-likeness (QED) is 0.824. The number of hydrogen-bond donors (Lipinski definition) is 0. The van der Waals surface area contributed by atoms with Crippen LogP contribution in [0.2, 0.25) is 0 Å². The number of hydrogen-bond acceptors (Lipinski definition) is 4. The lowest BCUT2D eigenvalue weighted by atomic mass is 10.4. The van der Waals surface area contributed by atoms with E-state index in [0.717, 1.165) is 4.31 Å². The molecule has 0 unspecified atom stereocenters. The summed E-state index contributed by atoms with van der Waals surface area (Å²) in [6, 6.07) is 8.08. The van der Waals surface area contributed by atoms with E-state index in [0.29, 0.717) is 19.0 Å². The maximum absolute atomic E-state index is 12.4. The molecule has 0 saturated heterocycles. The van der Waals surface area contributed by atoms with Crippen molar-refractivity contribution in [2.24, 2.45) is 0 Å². The number of amides is 1. The molecule has 0 saturated carbocycles. The smallest absolute Gasteiger partial charge is 0.244 e. The van der Waals surface area contributed by atoms with Crippen molar-refractivity contribution in [1.82, 2.24) is 13.9 Å². The van der Waals surface area contributed by atoms with E-state index in [-0.39, 0.29) is 17.3 Å². The van der Waals surface area contributed by atoms with Crippen molar-refractivity contribution >= 4 is 21.9 Å². The molecule has 1 aliphatic heterocycles. The van der Waals surface area contributed by atoms with Crippen LogP contribution in [0.25, 0.3) is 0 Å². The summed E-state index contributed by atoms with van der Waals surface area (Å²) in [6.07, 6.45) is 3.42. The first kappa shape index (κ1) is 14.7. The van der Waals surface area contributed by atoms with Crippen LogP contribution in [0.5, 0.6) is 0 Å². The van der Waals surface area contributed by atoms with Crippen LogP contribution in [-0.2, 0) is 21.4 Å². The van der Waals surface area contributed by atoms with Gasteiger partial charge >= 0.3 is 0 Å². The minimum absolute atomic E-state index is 0.174.